The molecule has 0 bridgehead atoms. The molecule has 0 saturated carbocycles. The molecule has 1 unspecified atom stereocenters. The van der Waals surface area contributed by atoms with Gasteiger partial charge < -0.3 is 10.1 Å². The SMILES string of the molecule is CNC(=O)C1CC(=O)c2cc(OC)ccc2C1. The molecule has 1 aromatic rings. The van der Waals surface area contributed by atoms with Crippen molar-refractivity contribution in [3.05, 3.63) is 29.3 Å². The Bertz CT molecular complexity index is 468. The Kier molecular flexibility index (Phi) is 3.13. The number of nitrogens with one attached hydrogen (secondary N) is 1. The predicted octanol–water partition coefficient (Wildman–Crippen LogP) is 1.19. The third-order valence-corrected chi connectivity index (χ3v) is 3.13. The van der Waals surface area contributed by atoms with Crippen molar-refractivity contribution in [1.29, 1.82) is 0 Å². The summed E-state index contributed by atoms with van der Waals surface area (Å²) < 4.78 is 5.09. The Labute approximate surface area is 100.0 Å². The van der Waals surface area contributed by atoms with Crippen LogP contribution in [0.3, 0.4) is 0 Å². The number of methoxy groups -OCH3 is 1. The number of ether oxygens (including phenoxy) is 1. The van der Waals surface area contributed by atoms with Gasteiger partial charge in [-0.05, 0) is 24.1 Å². The maximum absolute atomic E-state index is 11.9. The molecule has 0 aliphatic heterocycles. The van der Waals surface area contributed by atoms with Crippen LogP contribution in [0.5, 0.6) is 5.75 Å². The lowest BCUT2D eigenvalue weighted by Crippen LogP contribution is -2.33. The van der Waals surface area contributed by atoms with Crippen LogP contribution in [0.4, 0.5) is 0 Å². The van der Waals surface area contributed by atoms with Gasteiger partial charge in [0.25, 0.3) is 0 Å². The molecule has 0 aromatic heterocycles. The molecule has 0 heterocycles. The van der Waals surface area contributed by atoms with Crippen LogP contribution in [0.15, 0.2) is 18.2 Å². The summed E-state index contributed by atoms with van der Waals surface area (Å²) in [4.78, 5) is 23.5. The van der Waals surface area contributed by atoms with E-state index in [1.54, 1.807) is 20.2 Å². The molecular weight excluding hydrogens is 218 g/mol. The molecule has 1 amide bonds. The van der Waals surface area contributed by atoms with Crippen LogP contribution in [-0.4, -0.2) is 25.8 Å². The zero-order valence-electron chi connectivity index (χ0n) is 9.95. The summed E-state index contributed by atoms with van der Waals surface area (Å²) in [5, 5.41) is 2.59. The minimum absolute atomic E-state index is 0.0127. The molecule has 0 spiro atoms. The molecule has 0 fully saturated rings. The topological polar surface area (TPSA) is 55.4 Å². The quantitative estimate of drug-likeness (QED) is 0.834. The number of fused-ring (bicyclic) bond motifs is 1. The summed E-state index contributed by atoms with van der Waals surface area (Å²) in [6.45, 7) is 0. The van der Waals surface area contributed by atoms with Gasteiger partial charge in [0.05, 0.1) is 7.11 Å². The number of hydrogen-bond acceptors (Lipinski definition) is 3. The van der Waals surface area contributed by atoms with Gasteiger partial charge in [0.1, 0.15) is 5.75 Å². The summed E-state index contributed by atoms with van der Waals surface area (Å²) in [5.74, 6) is 0.377. The zero-order chi connectivity index (χ0) is 12.4. The first-order chi connectivity index (χ1) is 8.15. The summed E-state index contributed by atoms with van der Waals surface area (Å²) in [6, 6.07) is 5.43. The van der Waals surface area contributed by atoms with Gasteiger partial charge in [-0.15, -0.1) is 0 Å². The molecule has 2 rings (SSSR count). The number of ketones is 1. The summed E-state index contributed by atoms with van der Waals surface area (Å²) in [7, 11) is 3.17. The zero-order valence-corrected chi connectivity index (χ0v) is 9.95. The van der Waals surface area contributed by atoms with E-state index in [1.807, 2.05) is 12.1 Å². The molecule has 4 nitrogen and oxygen atoms in total. The highest BCUT2D eigenvalue weighted by molar-refractivity contribution is 6.01. The van der Waals surface area contributed by atoms with E-state index in [1.165, 1.54) is 0 Å². The minimum atomic E-state index is -0.242. The largest absolute Gasteiger partial charge is 0.497 e. The monoisotopic (exact) mass is 233 g/mol. The van der Waals surface area contributed by atoms with Crippen LogP contribution in [-0.2, 0) is 11.2 Å². The number of carbonyl (C=O) groups excluding carboxylic acids is 2. The van der Waals surface area contributed by atoms with Crippen molar-refractivity contribution in [3.8, 4) is 5.75 Å². The summed E-state index contributed by atoms with van der Waals surface area (Å²) in [5.41, 5.74) is 1.61. The van der Waals surface area contributed by atoms with E-state index in [0.29, 0.717) is 17.7 Å². The number of rotatable bonds is 2. The van der Waals surface area contributed by atoms with E-state index in [9.17, 15) is 9.59 Å². The second-order valence-electron chi connectivity index (χ2n) is 4.17. The predicted molar refractivity (Wildman–Crippen MR) is 63.2 cm³/mol. The fourth-order valence-electron chi connectivity index (χ4n) is 2.18. The van der Waals surface area contributed by atoms with E-state index in [-0.39, 0.29) is 24.0 Å². The average molecular weight is 233 g/mol. The van der Waals surface area contributed by atoms with Gasteiger partial charge in [-0.1, -0.05) is 6.07 Å². The number of benzene rings is 1. The van der Waals surface area contributed by atoms with E-state index in [0.717, 1.165) is 5.56 Å². The molecule has 90 valence electrons. The van der Waals surface area contributed by atoms with Crippen LogP contribution < -0.4 is 10.1 Å². The highest BCUT2D eigenvalue weighted by atomic mass is 16.5. The van der Waals surface area contributed by atoms with Gasteiger partial charge in [0, 0.05) is 24.9 Å². The molecule has 1 atom stereocenters. The molecular formula is C13H15NO3. The Morgan fingerprint density at radius 1 is 1.41 bits per heavy atom. The molecule has 1 aromatic carbocycles. The van der Waals surface area contributed by atoms with E-state index < -0.39 is 0 Å². The van der Waals surface area contributed by atoms with Crippen molar-refractivity contribution in [2.75, 3.05) is 14.2 Å². The summed E-state index contributed by atoms with van der Waals surface area (Å²) >= 11 is 0. The standard InChI is InChI=1S/C13H15NO3/c1-14-13(16)9-5-8-3-4-10(17-2)7-11(8)12(15)6-9/h3-4,7,9H,5-6H2,1-2H3,(H,14,16). The Balaban J connectivity index is 2.32. The van der Waals surface area contributed by atoms with Gasteiger partial charge in [-0.3, -0.25) is 9.59 Å². The number of amides is 1. The first-order valence-corrected chi connectivity index (χ1v) is 5.57. The van der Waals surface area contributed by atoms with Crippen LogP contribution >= 0.6 is 0 Å². The van der Waals surface area contributed by atoms with Crippen LogP contribution in [0.1, 0.15) is 22.3 Å². The van der Waals surface area contributed by atoms with Crippen molar-refractivity contribution < 1.29 is 14.3 Å². The van der Waals surface area contributed by atoms with Crippen molar-refractivity contribution in [1.82, 2.24) is 5.32 Å². The van der Waals surface area contributed by atoms with Crippen molar-refractivity contribution in [2.24, 2.45) is 5.92 Å². The van der Waals surface area contributed by atoms with Crippen molar-refractivity contribution in [2.45, 2.75) is 12.8 Å². The number of hydrogen-bond donors (Lipinski definition) is 1. The van der Waals surface area contributed by atoms with Crippen LogP contribution in [0.25, 0.3) is 0 Å². The molecule has 4 heteroatoms. The third-order valence-electron chi connectivity index (χ3n) is 3.13. The second kappa shape index (κ2) is 4.57. The fraction of sp³-hybridized carbons (Fsp3) is 0.385. The highest BCUT2D eigenvalue weighted by Gasteiger charge is 2.29. The van der Waals surface area contributed by atoms with Gasteiger partial charge >= 0.3 is 0 Å². The fourth-order valence-corrected chi connectivity index (χ4v) is 2.18. The third kappa shape index (κ3) is 2.16. The average Bonchev–Trinajstić information content (AvgIpc) is 2.37. The first kappa shape index (κ1) is 11.6. The van der Waals surface area contributed by atoms with E-state index in [2.05, 4.69) is 5.32 Å². The molecule has 17 heavy (non-hydrogen) atoms. The van der Waals surface area contributed by atoms with Gasteiger partial charge in [-0.2, -0.15) is 0 Å². The normalized spacial score (nSPS) is 18.5. The first-order valence-electron chi connectivity index (χ1n) is 5.57. The summed E-state index contributed by atoms with van der Waals surface area (Å²) in [6.07, 6.45) is 0.893. The van der Waals surface area contributed by atoms with Crippen molar-refractivity contribution in [3.63, 3.8) is 0 Å². The van der Waals surface area contributed by atoms with Crippen LogP contribution in [0, 0.1) is 5.92 Å². The lowest BCUT2D eigenvalue weighted by Gasteiger charge is -2.22. The molecule has 0 saturated heterocycles. The Morgan fingerprint density at radius 2 is 2.18 bits per heavy atom. The lowest BCUT2D eigenvalue weighted by molar-refractivity contribution is -0.124. The lowest BCUT2D eigenvalue weighted by atomic mass is 9.82. The smallest absolute Gasteiger partial charge is 0.223 e. The molecule has 0 radical (unpaired) electrons. The number of carbonyl (C=O) groups is 2. The molecule has 1 N–H and O–H groups in total. The molecule has 1 aliphatic rings. The van der Waals surface area contributed by atoms with E-state index >= 15 is 0 Å². The van der Waals surface area contributed by atoms with Crippen LogP contribution in [0.2, 0.25) is 0 Å². The second-order valence-corrected chi connectivity index (χ2v) is 4.17. The Hall–Kier alpha value is -1.84. The maximum atomic E-state index is 11.9. The van der Waals surface area contributed by atoms with Gasteiger partial charge in [0.15, 0.2) is 5.78 Å². The van der Waals surface area contributed by atoms with Gasteiger partial charge in [0.2, 0.25) is 5.91 Å². The van der Waals surface area contributed by atoms with E-state index in [4.69, 9.17) is 4.74 Å². The maximum Gasteiger partial charge on any atom is 0.223 e. The van der Waals surface area contributed by atoms with Gasteiger partial charge in [-0.25, -0.2) is 0 Å². The Morgan fingerprint density at radius 3 is 2.82 bits per heavy atom. The minimum Gasteiger partial charge on any atom is -0.497 e. The highest BCUT2D eigenvalue weighted by Crippen LogP contribution is 2.28. The molecule has 1 aliphatic carbocycles. The number of Topliss-reactive ketones (excluding diaryl/α,β-unsaturated/α-hetero) is 1. The van der Waals surface area contributed by atoms with Crippen molar-refractivity contribution >= 4 is 11.7 Å².